The Balaban J connectivity index is 1.48. The molecule has 0 amide bonds. The Kier molecular flexibility index (Phi) is 9.21. The molecular weight excluding hydrogens is 432 g/mol. The fourth-order valence-electron chi connectivity index (χ4n) is 4.02. The van der Waals surface area contributed by atoms with Crippen LogP contribution in [0.5, 0.6) is 0 Å². The second-order valence-corrected chi connectivity index (χ2v) is 8.29. The summed E-state index contributed by atoms with van der Waals surface area (Å²) in [6, 6.07) is 29.7. The van der Waals surface area contributed by atoms with Gasteiger partial charge in [-0.1, -0.05) is 91.0 Å². The summed E-state index contributed by atoms with van der Waals surface area (Å²) < 4.78 is 30.0. The maximum atomic E-state index is 11.0. The largest absolute Gasteiger partial charge is 0.385 e. The number of hydrogen-bond acceptors (Lipinski definition) is 6. The molecule has 1 N–H and O–H groups in total. The van der Waals surface area contributed by atoms with E-state index in [2.05, 4.69) is 0 Å². The van der Waals surface area contributed by atoms with Crippen LogP contribution in [0.15, 0.2) is 91.0 Å². The molecular formula is C28H32O6. The minimum absolute atomic E-state index is 0.270. The average molecular weight is 465 g/mol. The maximum absolute atomic E-state index is 11.0. The summed E-state index contributed by atoms with van der Waals surface area (Å²) in [6.45, 7) is 1.41. The molecule has 0 unspecified atom stereocenters. The van der Waals surface area contributed by atoms with Crippen LogP contribution in [0.3, 0.4) is 0 Å². The quantitative estimate of drug-likeness (QED) is 0.461. The maximum Gasteiger partial charge on any atom is 0.186 e. The van der Waals surface area contributed by atoms with Gasteiger partial charge in [0.1, 0.15) is 24.4 Å². The summed E-state index contributed by atoms with van der Waals surface area (Å²) in [7, 11) is 1.51. The normalized spacial score (nSPS) is 24.7. The van der Waals surface area contributed by atoms with E-state index in [9.17, 15) is 5.11 Å². The highest BCUT2D eigenvalue weighted by Crippen LogP contribution is 2.28. The van der Waals surface area contributed by atoms with Gasteiger partial charge < -0.3 is 28.8 Å². The Morgan fingerprint density at radius 1 is 0.676 bits per heavy atom. The standard InChI is InChI=1S/C28H32O6/c1-30-28-25(29)27(33-19-23-15-9-4-10-16-23)26(32-18-22-13-7-3-8-14-22)24(34-28)20-31-17-21-11-5-2-6-12-21/h2-16,24-29H,17-20H2,1H3/t24-,25+,26+,27-,28+/m1/s1. The molecule has 6 heteroatoms. The first kappa shape index (κ1) is 24.5. The van der Waals surface area contributed by atoms with Crippen molar-refractivity contribution in [1.29, 1.82) is 0 Å². The first-order valence-corrected chi connectivity index (χ1v) is 11.5. The molecule has 1 heterocycles. The van der Waals surface area contributed by atoms with Crippen molar-refractivity contribution in [3.63, 3.8) is 0 Å². The third-order valence-electron chi connectivity index (χ3n) is 5.81. The van der Waals surface area contributed by atoms with Crippen LogP contribution < -0.4 is 0 Å². The summed E-state index contributed by atoms with van der Waals surface area (Å²) in [5, 5.41) is 11.0. The van der Waals surface area contributed by atoms with Crippen molar-refractivity contribution >= 4 is 0 Å². The van der Waals surface area contributed by atoms with Gasteiger partial charge in [0.05, 0.1) is 26.4 Å². The van der Waals surface area contributed by atoms with E-state index in [0.717, 1.165) is 16.7 Å². The van der Waals surface area contributed by atoms with E-state index in [4.69, 9.17) is 23.7 Å². The molecule has 4 rings (SSSR count). The van der Waals surface area contributed by atoms with Gasteiger partial charge in [-0.3, -0.25) is 0 Å². The lowest BCUT2D eigenvalue weighted by molar-refractivity contribution is -0.313. The number of benzene rings is 3. The van der Waals surface area contributed by atoms with Crippen LogP contribution in [-0.4, -0.2) is 49.5 Å². The highest BCUT2D eigenvalue weighted by Gasteiger charge is 2.47. The second-order valence-electron chi connectivity index (χ2n) is 8.29. The zero-order chi connectivity index (χ0) is 23.6. The SMILES string of the molecule is CO[C@H]1O[C@H](COCc2ccccc2)[C@H](OCc2ccccc2)[C@H](OCc2ccccc2)[C@@H]1O. The van der Waals surface area contributed by atoms with Gasteiger partial charge in [-0.05, 0) is 16.7 Å². The molecule has 0 radical (unpaired) electrons. The fourth-order valence-corrected chi connectivity index (χ4v) is 4.02. The van der Waals surface area contributed by atoms with Crippen LogP contribution in [0.25, 0.3) is 0 Å². The van der Waals surface area contributed by atoms with Gasteiger partial charge in [0.2, 0.25) is 0 Å². The molecule has 5 atom stereocenters. The molecule has 6 nitrogen and oxygen atoms in total. The predicted octanol–water partition coefficient (Wildman–Crippen LogP) is 4.11. The van der Waals surface area contributed by atoms with Gasteiger partial charge in [-0.15, -0.1) is 0 Å². The molecule has 180 valence electrons. The third-order valence-corrected chi connectivity index (χ3v) is 5.81. The highest BCUT2D eigenvalue weighted by molar-refractivity contribution is 5.15. The lowest BCUT2D eigenvalue weighted by atomic mass is 9.98. The summed E-state index contributed by atoms with van der Waals surface area (Å²) in [5.41, 5.74) is 3.10. The first-order valence-electron chi connectivity index (χ1n) is 11.5. The van der Waals surface area contributed by atoms with E-state index in [0.29, 0.717) is 19.8 Å². The van der Waals surface area contributed by atoms with Crippen LogP contribution in [0.2, 0.25) is 0 Å². The smallest absolute Gasteiger partial charge is 0.186 e. The number of aliphatic hydroxyl groups is 1. The van der Waals surface area contributed by atoms with E-state index in [1.54, 1.807) is 0 Å². The lowest BCUT2D eigenvalue weighted by Crippen LogP contribution is -2.60. The number of methoxy groups -OCH3 is 1. The Morgan fingerprint density at radius 2 is 1.15 bits per heavy atom. The molecule has 3 aromatic carbocycles. The lowest BCUT2D eigenvalue weighted by Gasteiger charge is -2.43. The first-order chi connectivity index (χ1) is 16.7. The van der Waals surface area contributed by atoms with Crippen molar-refractivity contribution in [2.75, 3.05) is 13.7 Å². The molecule has 1 saturated heterocycles. The summed E-state index contributed by atoms with van der Waals surface area (Å²) in [5.74, 6) is 0. The van der Waals surface area contributed by atoms with Crippen molar-refractivity contribution in [2.45, 2.75) is 50.5 Å². The van der Waals surface area contributed by atoms with Crippen LogP contribution in [-0.2, 0) is 43.5 Å². The molecule has 34 heavy (non-hydrogen) atoms. The van der Waals surface area contributed by atoms with E-state index < -0.39 is 30.7 Å². The van der Waals surface area contributed by atoms with Crippen molar-refractivity contribution < 1.29 is 28.8 Å². The molecule has 0 spiro atoms. The van der Waals surface area contributed by atoms with E-state index in [-0.39, 0.29) is 6.61 Å². The number of hydrogen-bond donors (Lipinski definition) is 1. The molecule has 0 aromatic heterocycles. The summed E-state index contributed by atoms with van der Waals surface area (Å²) >= 11 is 0. The minimum atomic E-state index is -1.01. The molecule has 1 aliphatic heterocycles. The van der Waals surface area contributed by atoms with E-state index >= 15 is 0 Å². The Hall–Kier alpha value is -2.58. The topological polar surface area (TPSA) is 66.4 Å². The zero-order valence-electron chi connectivity index (χ0n) is 19.4. The van der Waals surface area contributed by atoms with Crippen molar-refractivity contribution in [3.8, 4) is 0 Å². The Labute approximate surface area is 201 Å². The van der Waals surface area contributed by atoms with Crippen molar-refractivity contribution in [1.82, 2.24) is 0 Å². The highest BCUT2D eigenvalue weighted by atomic mass is 16.7. The summed E-state index contributed by atoms with van der Waals surface area (Å²) in [4.78, 5) is 0. The fraction of sp³-hybridized carbons (Fsp3) is 0.357. The van der Waals surface area contributed by atoms with E-state index in [1.807, 2.05) is 91.0 Å². The van der Waals surface area contributed by atoms with Crippen molar-refractivity contribution in [3.05, 3.63) is 108 Å². The number of aliphatic hydroxyl groups excluding tert-OH is 1. The number of rotatable bonds is 11. The van der Waals surface area contributed by atoms with Gasteiger partial charge in [-0.25, -0.2) is 0 Å². The molecule has 1 fully saturated rings. The van der Waals surface area contributed by atoms with E-state index in [1.165, 1.54) is 7.11 Å². The molecule has 1 aliphatic rings. The number of ether oxygens (including phenoxy) is 5. The third kappa shape index (κ3) is 6.73. The van der Waals surface area contributed by atoms with Crippen LogP contribution in [0.4, 0.5) is 0 Å². The Morgan fingerprint density at radius 3 is 1.65 bits per heavy atom. The molecule has 3 aromatic rings. The van der Waals surface area contributed by atoms with Gasteiger partial charge in [-0.2, -0.15) is 0 Å². The van der Waals surface area contributed by atoms with Crippen molar-refractivity contribution in [2.24, 2.45) is 0 Å². The molecule has 0 bridgehead atoms. The average Bonchev–Trinajstić information content (AvgIpc) is 2.89. The summed E-state index contributed by atoms with van der Waals surface area (Å²) in [6.07, 6.45) is -3.56. The van der Waals surface area contributed by atoms with Gasteiger partial charge in [0, 0.05) is 7.11 Å². The van der Waals surface area contributed by atoms with Gasteiger partial charge >= 0.3 is 0 Å². The molecule has 0 aliphatic carbocycles. The Bertz CT molecular complexity index is 952. The van der Waals surface area contributed by atoms with Gasteiger partial charge in [0.25, 0.3) is 0 Å². The van der Waals surface area contributed by atoms with Crippen LogP contribution in [0.1, 0.15) is 16.7 Å². The zero-order valence-corrected chi connectivity index (χ0v) is 19.4. The van der Waals surface area contributed by atoms with Crippen LogP contribution in [0, 0.1) is 0 Å². The minimum Gasteiger partial charge on any atom is -0.385 e. The second kappa shape index (κ2) is 12.8. The monoisotopic (exact) mass is 464 g/mol. The molecule has 0 saturated carbocycles. The predicted molar refractivity (Wildman–Crippen MR) is 128 cm³/mol. The van der Waals surface area contributed by atoms with Crippen LogP contribution >= 0.6 is 0 Å². The van der Waals surface area contributed by atoms with Gasteiger partial charge in [0.15, 0.2) is 6.29 Å².